The minimum absolute atomic E-state index is 0.0483. The summed E-state index contributed by atoms with van der Waals surface area (Å²) in [5.41, 5.74) is 0.357. The van der Waals surface area contributed by atoms with Gasteiger partial charge in [0.25, 0.3) is 0 Å². The van der Waals surface area contributed by atoms with Crippen LogP contribution in [0.25, 0.3) is 11.3 Å². The largest absolute Gasteiger partial charge is 0.482 e. The average molecular weight is 689 g/mol. The van der Waals surface area contributed by atoms with Crippen molar-refractivity contribution in [2.24, 2.45) is 22.7 Å². The Morgan fingerprint density at radius 1 is 1.06 bits per heavy atom. The van der Waals surface area contributed by atoms with Gasteiger partial charge in [-0.15, -0.1) is 0 Å². The highest BCUT2D eigenvalue weighted by Crippen LogP contribution is 2.68. The van der Waals surface area contributed by atoms with Crippen LogP contribution in [-0.2, 0) is 14.2 Å². The van der Waals surface area contributed by atoms with Gasteiger partial charge in [0, 0.05) is 40.9 Å². The van der Waals surface area contributed by atoms with Crippen molar-refractivity contribution < 1.29 is 33.3 Å². The molecule has 262 valence electrons. The molecule has 2 aliphatic heterocycles. The van der Waals surface area contributed by atoms with Crippen LogP contribution in [0.2, 0.25) is 0 Å². The van der Waals surface area contributed by atoms with Gasteiger partial charge < -0.3 is 28.5 Å². The molecule has 51 heavy (non-hydrogen) atoms. The van der Waals surface area contributed by atoms with Gasteiger partial charge in [0.2, 0.25) is 0 Å². The summed E-state index contributed by atoms with van der Waals surface area (Å²) < 4.78 is 32.3. The lowest BCUT2D eigenvalue weighted by molar-refractivity contribution is -0.330. The zero-order chi connectivity index (χ0) is 35.7. The zero-order valence-corrected chi connectivity index (χ0v) is 29.0. The highest BCUT2D eigenvalue weighted by molar-refractivity contribution is 5.89. The molecule has 0 radical (unpaired) electrons. The third-order valence-electron chi connectivity index (χ3n) is 12.3. The van der Waals surface area contributed by atoms with E-state index in [9.17, 15) is 20.0 Å². The predicted molar refractivity (Wildman–Crippen MR) is 184 cm³/mol. The monoisotopic (exact) mass is 688 g/mol. The maximum absolute atomic E-state index is 13.8. The molecule has 2 unspecified atom stereocenters. The Bertz CT molecular complexity index is 2090. The smallest absolute Gasteiger partial charge is 0.345 e. The molecule has 1 saturated heterocycles. The molecule has 1 N–H and O–H groups in total. The lowest BCUT2D eigenvalue weighted by Gasteiger charge is -2.67. The molecule has 4 heterocycles. The molecule has 0 bridgehead atoms. The molecule has 8 rings (SSSR count). The van der Waals surface area contributed by atoms with Crippen molar-refractivity contribution in [1.82, 2.24) is 4.98 Å². The molecule has 0 amide bonds. The lowest BCUT2D eigenvalue weighted by atomic mass is 9.42. The summed E-state index contributed by atoms with van der Waals surface area (Å²) in [6.07, 6.45) is 2.17. The predicted octanol–water partition coefficient (Wildman–Crippen LogP) is 6.85. The Morgan fingerprint density at radius 3 is 2.57 bits per heavy atom. The second-order valence-corrected chi connectivity index (χ2v) is 15.2. The van der Waals surface area contributed by atoms with Crippen LogP contribution in [0.4, 0.5) is 0 Å². The van der Waals surface area contributed by atoms with E-state index in [0.717, 1.165) is 11.1 Å². The molecular weight excluding hydrogens is 648 g/mol. The summed E-state index contributed by atoms with van der Waals surface area (Å²) in [4.78, 5) is 31.7. The normalized spacial score (nSPS) is 33.6. The Labute approximate surface area is 296 Å². The maximum Gasteiger partial charge on any atom is 0.345 e. The Hall–Kier alpha value is -4.82. The van der Waals surface area contributed by atoms with E-state index < -0.39 is 52.4 Å². The summed E-state index contributed by atoms with van der Waals surface area (Å²) >= 11 is 0. The third-order valence-corrected chi connectivity index (χ3v) is 12.3. The quantitative estimate of drug-likeness (QED) is 0.226. The van der Waals surface area contributed by atoms with Crippen LogP contribution in [0, 0.1) is 40.9 Å². The molecule has 3 fully saturated rings. The molecule has 0 spiro atoms. The molecule has 10 nitrogen and oxygen atoms in total. The van der Waals surface area contributed by atoms with Gasteiger partial charge in [0.15, 0.2) is 6.29 Å². The summed E-state index contributed by atoms with van der Waals surface area (Å²) in [5.74, 6) is -0.981. The first-order chi connectivity index (χ1) is 24.5. The number of nitrogens with zero attached hydrogens (tertiary/aromatic N) is 2. The molecule has 10 heteroatoms. The van der Waals surface area contributed by atoms with Crippen molar-refractivity contribution in [3.63, 3.8) is 0 Å². The fourth-order valence-electron chi connectivity index (χ4n) is 9.75. The Balaban J connectivity index is 1.21. The number of esters is 1. The number of rotatable bonds is 4. The van der Waals surface area contributed by atoms with Crippen molar-refractivity contribution in [3.8, 4) is 23.1 Å². The first kappa shape index (κ1) is 33.3. The lowest BCUT2D eigenvalue weighted by Crippen LogP contribution is -2.72. The van der Waals surface area contributed by atoms with Gasteiger partial charge in [-0.25, -0.2) is 9.59 Å². The number of aliphatic hydroxyl groups is 1. The van der Waals surface area contributed by atoms with Crippen molar-refractivity contribution in [2.75, 3.05) is 6.61 Å². The van der Waals surface area contributed by atoms with Gasteiger partial charge in [-0.3, -0.25) is 4.98 Å². The molecule has 2 aromatic carbocycles. The molecule has 2 aliphatic carbocycles. The highest BCUT2D eigenvalue weighted by atomic mass is 16.7. The van der Waals surface area contributed by atoms with E-state index in [4.69, 9.17) is 23.4 Å². The minimum atomic E-state index is -1.29. The fraction of sp³-hybridized carbons (Fsp3) is 0.415. The molecule has 2 saturated carbocycles. The number of fused-ring (bicyclic) bond motifs is 6. The number of hydrogen-bond acceptors (Lipinski definition) is 10. The molecule has 9 atom stereocenters. The summed E-state index contributed by atoms with van der Waals surface area (Å²) in [6.45, 7) is 8.62. The fourth-order valence-corrected chi connectivity index (χ4v) is 9.75. The first-order valence-corrected chi connectivity index (χ1v) is 17.5. The topological polar surface area (TPSA) is 141 Å². The van der Waals surface area contributed by atoms with Gasteiger partial charge in [0.05, 0.1) is 36.0 Å². The summed E-state index contributed by atoms with van der Waals surface area (Å²) in [6, 6.07) is 21.5. The van der Waals surface area contributed by atoms with Gasteiger partial charge in [-0.1, -0.05) is 38.1 Å². The molecule has 2 aromatic heterocycles. The van der Waals surface area contributed by atoms with Crippen molar-refractivity contribution in [3.05, 3.63) is 117 Å². The zero-order valence-electron chi connectivity index (χ0n) is 29.0. The van der Waals surface area contributed by atoms with E-state index in [0.29, 0.717) is 37.0 Å². The molecule has 4 aliphatic rings. The van der Waals surface area contributed by atoms with Crippen LogP contribution < -0.4 is 10.4 Å². The van der Waals surface area contributed by atoms with Gasteiger partial charge >= 0.3 is 11.6 Å². The SMILES string of the molecule is Cc1ccccc1[C@@H]1OC[C@@]2(C)C3C[C@H](OC(=O)c4ccc(C#N)cc4)[C@@]4(C)Oc5cc(-c6cccnc6)oc(=O)c5[C@H](O)C4[C@@]3(C)CC[C@@H]2O1. The summed E-state index contributed by atoms with van der Waals surface area (Å²) in [7, 11) is 0. The van der Waals surface area contributed by atoms with Gasteiger partial charge in [-0.2, -0.15) is 5.26 Å². The van der Waals surface area contributed by atoms with Gasteiger partial charge in [-0.05, 0) is 86.4 Å². The van der Waals surface area contributed by atoms with E-state index in [2.05, 4.69) is 24.9 Å². The standard InChI is InChI=1S/C41H40N2O8/c1-23-8-5-6-10-27(23)38-47-22-40(3)30-19-32(49-36(45)25-13-11-24(20-42)12-14-25)41(4)35(39(30,2)16-15-31(40)50-38)34(44)33-29(51-41)18-28(48-37(33)46)26-9-7-17-43-21-26/h5-14,17-18,21,30-32,34-35,38,44H,15-16,19,22H2,1-4H3/t30?,31-,32-,34-,35?,38+,39-,40-,41+/m0/s1. The number of aryl methyl sites for hydroxylation is 1. The second kappa shape index (κ2) is 12.2. The number of aromatic nitrogens is 1. The van der Waals surface area contributed by atoms with Crippen LogP contribution in [-0.4, -0.2) is 40.5 Å². The van der Waals surface area contributed by atoms with Crippen LogP contribution >= 0.6 is 0 Å². The second-order valence-electron chi connectivity index (χ2n) is 15.2. The van der Waals surface area contributed by atoms with Gasteiger partial charge in [0.1, 0.15) is 28.8 Å². The van der Waals surface area contributed by atoms with Crippen LogP contribution in [0.3, 0.4) is 0 Å². The first-order valence-electron chi connectivity index (χ1n) is 17.5. The number of aliphatic hydroxyl groups excluding tert-OH is 1. The number of benzene rings is 2. The van der Waals surface area contributed by atoms with Crippen LogP contribution in [0.5, 0.6) is 5.75 Å². The number of nitriles is 1. The van der Waals surface area contributed by atoms with E-state index >= 15 is 0 Å². The molecular formula is C41H40N2O8. The Kier molecular flexibility index (Phi) is 7.94. The van der Waals surface area contributed by atoms with Crippen LogP contribution in [0.15, 0.2) is 88.3 Å². The molecule has 4 aromatic rings. The third kappa shape index (κ3) is 5.21. The number of carbonyl (C=O) groups is 1. The van der Waals surface area contributed by atoms with Crippen molar-refractivity contribution in [1.29, 1.82) is 5.26 Å². The van der Waals surface area contributed by atoms with Crippen molar-refractivity contribution >= 4 is 5.97 Å². The summed E-state index contributed by atoms with van der Waals surface area (Å²) in [5, 5.41) is 21.7. The van der Waals surface area contributed by atoms with Crippen molar-refractivity contribution in [2.45, 2.75) is 77.2 Å². The number of carbonyl (C=O) groups excluding carboxylic acids is 1. The van der Waals surface area contributed by atoms with E-state index in [1.165, 1.54) is 0 Å². The number of hydrogen-bond donors (Lipinski definition) is 1. The maximum atomic E-state index is 13.8. The van der Waals surface area contributed by atoms with E-state index in [1.54, 1.807) is 54.9 Å². The highest BCUT2D eigenvalue weighted by Gasteiger charge is 2.71. The number of ether oxygens (including phenoxy) is 4. The number of pyridine rings is 1. The van der Waals surface area contributed by atoms with E-state index in [-0.39, 0.29) is 34.7 Å². The van der Waals surface area contributed by atoms with Crippen LogP contribution in [0.1, 0.15) is 85.0 Å². The Morgan fingerprint density at radius 2 is 1.84 bits per heavy atom. The van der Waals surface area contributed by atoms with E-state index in [1.807, 2.05) is 38.1 Å². The average Bonchev–Trinajstić information content (AvgIpc) is 3.12. The minimum Gasteiger partial charge on any atom is -0.482 e.